The molecule has 27 heavy (non-hydrogen) atoms. The average Bonchev–Trinajstić information content (AvgIpc) is 2.66. The summed E-state index contributed by atoms with van der Waals surface area (Å²) in [6.07, 6.45) is 3.10. The highest BCUT2D eigenvalue weighted by Gasteiger charge is 2.26. The molecule has 8 heteroatoms. The molecule has 1 aliphatic rings. The zero-order valence-electron chi connectivity index (χ0n) is 14.9. The van der Waals surface area contributed by atoms with E-state index in [0.29, 0.717) is 5.69 Å². The Hall–Kier alpha value is -2.74. The molecule has 0 aliphatic carbocycles. The number of fused-ring (bicyclic) bond motifs is 1. The molecular weight excluding hydrogens is 370 g/mol. The summed E-state index contributed by atoms with van der Waals surface area (Å²) in [5, 5.41) is 9.37. The number of sulfonamides is 1. The van der Waals surface area contributed by atoms with Gasteiger partial charge in [0.2, 0.25) is 0 Å². The molecule has 0 saturated heterocycles. The molecule has 2 aromatic rings. The summed E-state index contributed by atoms with van der Waals surface area (Å²) in [7, 11) is -3.98. The Morgan fingerprint density at radius 1 is 1.15 bits per heavy atom. The van der Waals surface area contributed by atoms with Crippen molar-refractivity contribution < 1.29 is 27.8 Å². The molecule has 0 unspecified atom stereocenters. The highest BCUT2D eigenvalue weighted by atomic mass is 32.2. The molecule has 0 saturated carbocycles. The van der Waals surface area contributed by atoms with E-state index in [4.69, 9.17) is 9.47 Å². The first-order chi connectivity index (χ1) is 12.9. The van der Waals surface area contributed by atoms with Gasteiger partial charge in [0, 0.05) is 11.8 Å². The first-order valence-corrected chi connectivity index (χ1v) is 10.2. The molecule has 0 amide bonds. The van der Waals surface area contributed by atoms with E-state index in [0.717, 1.165) is 30.9 Å². The quantitative estimate of drug-likeness (QED) is 0.751. The van der Waals surface area contributed by atoms with Crippen molar-refractivity contribution in [2.75, 3.05) is 17.9 Å². The fourth-order valence-corrected chi connectivity index (χ4v) is 3.88. The van der Waals surface area contributed by atoms with Gasteiger partial charge in [-0.15, -0.1) is 0 Å². The van der Waals surface area contributed by atoms with Crippen LogP contribution in [-0.2, 0) is 16.4 Å². The first-order valence-electron chi connectivity index (χ1n) is 8.69. The number of aromatic carboxylic acids is 1. The SMILES string of the molecule is CCCCc1ccc(NS(=O)(=O)c2cc3c(c(C(=O)O)c2)OCCO3)cc1. The number of hydrogen-bond acceptors (Lipinski definition) is 5. The maximum atomic E-state index is 12.7. The molecule has 3 rings (SSSR count). The van der Waals surface area contributed by atoms with E-state index < -0.39 is 16.0 Å². The minimum atomic E-state index is -3.98. The maximum absolute atomic E-state index is 12.7. The van der Waals surface area contributed by atoms with Crippen LogP contribution in [0.3, 0.4) is 0 Å². The summed E-state index contributed by atoms with van der Waals surface area (Å²) < 4.78 is 38.6. The van der Waals surface area contributed by atoms with Crippen molar-refractivity contribution in [3.8, 4) is 11.5 Å². The van der Waals surface area contributed by atoms with Gasteiger partial charge in [-0.05, 0) is 36.6 Å². The summed E-state index contributed by atoms with van der Waals surface area (Å²) in [5.74, 6) is -1.13. The molecule has 144 valence electrons. The van der Waals surface area contributed by atoms with Crippen LogP contribution >= 0.6 is 0 Å². The molecule has 1 heterocycles. The van der Waals surface area contributed by atoms with Crippen LogP contribution in [0.1, 0.15) is 35.7 Å². The molecule has 0 aromatic heterocycles. The zero-order chi connectivity index (χ0) is 19.4. The van der Waals surface area contributed by atoms with Crippen LogP contribution in [0.2, 0.25) is 0 Å². The Morgan fingerprint density at radius 2 is 1.85 bits per heavy atom. The number of ether oxygens (including phenoxy) is 2. The van der Waals surface area contributed by atoms with Gasteiger partial charge >= 0.3 is 5.97 Å². The number of hydrogen-bond donors (Lipinski definition) is 2. The van der Waals surface area contributed by atoms with Crippen molar-refractivity contribution in [3.05, 3.63) is 47.5 Å². The van der Waals surface area contributed by atoms with Crippen molar-refractivity contribution in [3.63, 3.8) is 0 Å². The minimum absolute atomic E-state index is 0.0491. The maximum Gasteiger partial charge on any atom is 0.339 e. The van der Waals surface area contributed by atoms with E-state index in [1.165, 1.54) is 6.07 Å². The van der Waals surface area contributed by atoms with Crippen molar-refractivity contribution in [1.82, 2.24) is 0 Å². The monoisotopic (exact) mass is 391 g/mol. The van der Waals surface area contributed by atoms with Gasteiger partial charge in [-0.25, -0.2) is 13.2 Å². The third kappa shape index (κ3) is 4.33. The van der Waals surface area contributed by atoms with Crippen molar-refractivity contribution >= 4 is 21.7 Å². The Morgan fingerprint density at radius 3 is 2.52 bits per heavy atom. The van der Waals surface area contributed by atoms with Crippen LogP contribution in [0.4, 0.5) is 5.69 Å². The van der Waals surface area contributed by atoms with Crippen molar-refractivity contribution in [2.24, 2.45) is 0 Å². The lowest BCUT2D eigenvalue weighted by Gasteiger charge is -2.21. The van der Waals surface area contributed by atoms with Crippen molar-refractivity contribution in [1.29, 1.82) is 0 Å². The molecule has 2 aromatic carbocycles. The highest BCUT2D eigenvalue weighted by molar-refractivity contribution is 7.92. The topological polar surface area (TPSA) is 102 Å². The molecule has 7 nitrogen and oxygen atoms in total. The second kappa shape index (κ2) is 7.87. The predicted octanol–water partition coefficient (Wildman–Crippen LogP) is 3.30. The van der Waals surface area contributed by atoms with Crippen molar-refractivity contribution in [2.45, 2.75) is 31.1 Å². The van der Waals surface area contributed by atoms with Crippen LogP contribution in [0.5, 0.6) is 11.5 Å². The highest BCUT2D eigenvalue weighted by Crippen LogP contribution is 2.37. The fourth-order valence-electron chi connectivity index (χ4n) is 2.78. The minimum Gasteiger partial charge on any atom is -0.486 e. The van der Waals surface area contributed by atoms with E-state index in [-0.39, 0.29) is 35.2 Å². The van der Waals surface area contributed by atoms with E-state index in [1.54, 1.807) is 12.1 Å². The largest absolute Gasteiger partial charge is 0.486 e. The fraction of sp³-hybridized carbons (Fsp3) is 0.316. The Kier molecular flexibility index (Phi) is 5.55. The zero-order valence-corrected chi connectivity index (χ0v) is 15.7. The number of anilines is 1. The van der Waals surface area contributed by atoms with E-state index in [9.17, 15) is 18.3 Å². The van der Waals surface area contributed by atoms with Gasteiger partial charge in [0.25, 0.3) is 10.0 Å². The molecule has 0 fully saturated rings. The second-order valence-corrected chi connectivity index (χ2v) is 7.89. The summed E-state index contributed by atoms with van der Waals surface area (Å²) in [6.45, 7) is 2.55. The third-order valence-electron chi connectivity index (χ3n) is 4.18. The van der Waals surface area contributed by atoms with E-state index in [1.807, 2.05) is 12.1 Å². The molecule has 1 aliphatic heterocycles. The van der Waals surface area contributed by atoms with Crippen LogP contribution in [0, 0.1) is 0 Å². The number of carboxylic acids is 1. The molecule has 0 atom stereocenters. The first kappa shape index (κ1) is 19.0. The second-order valence-electron chi connectivity index (χ2n) is 6.21. The lowest BCUT2D eigenvalue weighted by Crippen LogP contribution is -2.20. The number of aryl methyl sites for hydroxylation is 1. The number of benzene rings is 2. The standard InChI is InChI=1S/C19H21NO6S/c1-2-3-4-13-5-7-14(8-6-13)20-27(23,24)15-11-16(19(21)22)18-17(12-15)25-9-10-26-18/h5-8,11-12,20H,2-4,9-10H2,1H3,(H,21,22). The van der Waals surface area contributed by atoms with Gasteiger partial charge in [0.05, 0.1) is 4.90 Å². The lowest BCUT2D eigenvalue weighted by atomic mass is 10.1. The lowest BCUT2D eigenvalue weighted by molar-refractivity contribution is 0.0685. The number of nitrogens with one attached hydrogen (secondary N) is 1. The van der Waals surface area contributed by atoms with Gasteiger partial charge in [-0.2, -0.15) is 0 Å². The van der Waals surface area contributed by atoms with Gasteiger partial charge in [-0.3, -0.25) is 4.72 Å². The van der Waals surface area contributed by atoms with Gasteiger partial charge < -0.3 is 14.6 Å². The average molecular weight is 391 g/mol. The Balaban J connectivity index is 1.88. The molecule has 2 N–H and O–H groups in total. The summed E-state index contributed by atoms with van der Waals surface area (Å²) in [4.78, 5) is 11.3. The molecular formula is C19H21NO6S. The van der Waals surface area contributed by atoms with Crippen LogP contribution in [-0.4, -0.2) is 32.7 Å². The summed E-state index contributed by atoms with van der Waals surface area (Å²) in [5.41, 5.74) is 1.29. The Labute approximate surface area is 158 Å². The van der Waals surface area contributed by atoms with Gasteiger partial charge in [0.15, 0.2) is 11.5 Å². The Bertz CT molecular complexity index is 937. The number of rotatable bonds is 7. The summed E-state index contributed by atoms with van der Waals surface area (Å²) >= 11 is 0. The number of carboxylic acid groups (broad SMARTS) is 1. The molecule has 0 bridgehead atoms. The summed E-state index contributed by atoms with van der Waals surface area (Å²) in [6, 6.07) is 9.49. The molecule has 0 radical (unpaired) electrons. The van der Waals surface area contributed by atoms with E-state index in [2.05, 4.69) is 11.6 Å². The smallest absolute Gasteiger partial charge is 0.339 e. The third-order valence-corrected chi connectivity index (χ3v) is 5.54. The molecule has 0 spiro atoms. The van der Waals surface area contributed by atoms with Crippen LogP contribution in [0.25, 0.3) is 0 Å². The predicted molar refractivity (Wildman–Crippen MR) is 100 cm³/mol. The number of carbonyl (C=O) groups is 1. The normalized spacial score (nSPS) is 13.2. The van der Waals surface area contributed by atoms with Gasteiger partial charge in [-0.1, -0.05) is 25.5 Å². The number of unbranched alkanes of at least 4 members (excludes halogenated alkanes) is 1. The van der Waals surface area contributed by atoms with Gasteiger partial charge in [0.1, 0.15) is 18.8 Å². The van der Waals surface area contributed by atoms with Crippen LogP contribution in [0.15, 0.2) is 41.3 Å². The van der Waals surface area contributed by atoms with E-state index >= 15 is 0 Å². The van der Waals surface area contributed by atoms with Crippen LogP contribution < -0.4 is 14.2 Å².